The Hall–Kier alpha value is -1.44. The van der Waals surface area contributed by atoms with E-state index in [2.05, 4.69) is 19.1 Å². The Balaban J connectivity index is 2.55. The summed E-state index contributed by atoms with van der Waals surface area (Å²) in [6.45, 7) is 2.23. The summed E-state index contributed by atoms with van der Waals surface area (Å²) >= 11 is 0. The highest BCUT2D eigenvalue weighted by Gasteiger charge is 2.01. The molecule has 0 aliphatic heterocycles. The van der Waals surface area contributed by atoms with Crippen LogP contribution in [0.25, 0.3) is 6.08 Å². The van der Waals surface area contributed by atoms with Gasteiger partial charge in [0.05, 0.1) is 14.2 Å². The number of ether oxygens (including phenoxy) is 2. The molecule has 0 saturated heterocycles. The van der Waals surface area contributed by atoms with Crippen LogP contribution in [0, 0.1) is 0 Å². The van der Waals surface area contributed by atoms with E-state index in [1.165, 1.54) is 25.7 Å². The Morgan fingerprint density at radius 1 is 1.06 bits per heavy atom. The number of methoxy groups -OCH3 is 2. The third-order valence-electron chi connectivity index (χ3n) is 2.96. The predicted octanol–water partition coefficient (Wildman–Crippen LogP) is 4.69. The lowest BCUT2D eigenvalue weighted by atomic mass is 10.1. The van der Waals surface area contributed by atoms with Crippen molar-refractivity contribution >= 4 is 6.08 Å². The van der Waals surface area contributed by atoms with Crippen LogP contribution >= 0.6 is 0 Å². The fraction of sp³-hybridized carbons (Fsp3) is 0.500. The van der Waals surface area contributed by atoms with Crippen molar-refractivity contribution in [2.45, 2.75) is 39.0 Å². The maximum atomic E-state index is 5.33. The zero-order chi connectivity index (χ0) is 13.2. The monoisotopic (exact) mass is 248 g/mol. The van der Waals surface area contributed by atoms with Gasteiger partial charge in [-0.25, -0.2) is 0 Å². The van der Waals surface area contributed by atoms with E-state index in [9.17, 15) is 0 Å². The SMILES string of the molecule is CCCCCC/C=C/c1cc(OC)ccc1OC. The number of hydrogen-bond acceptors (Lipinski definition) is 2. The first-order valence-electron chi connectivity index (χ1n) is 6.70. The average molecular weight is 248 g/mol. The Morgan fingerprint density at radius 2 is 1.89 bits per heavy atom. The van der Waals surface area contributed by atoms with Crippen molar-refractivity contribution in [3.8, 4) is 11.5 Å². The second-order valence-electron chi connectivity index (χ2n) is 4.36. The molecule has 18 heavy (non-hydrogen) atoms. The number of unbranched alkanes of at least 4 members (excludes halogenated alkanes) is 4. The number of hydrogen-bond donors (Lipinski definition) is 0. The predicted molar refractivity (Wildman–Crippen MR) is 77.3 cm³/mol. The summed E-state index contributed by atoms with van der Waals surface area (Å²) < 4.78 is 10.6. The molecule has 0 bridgehead atoms. The van der Waals surface area contributed by atoms with Crippen LogP contribution in [-0.4, -0.2) is 14.2 Å². The fourth-order valence-corrected chi connectivity index (χ4v) is 1.87. The molecule has 2 heteroatoms. The van der Waals surface area contributed by atoms with Crippen LogP contribution in [0.4, 0.5) is 0 Å². The maximum absolute atomic E-state index is 5.33. The van der Waals surface area contributed by atoms with Gasteiger partial charge in [-0.3, -0.25) is 0 Å². The molecule has 1 aromatic rings. The molecule has 0 heterocycles. The minimum Gasteiger partial charge on any atom is -0.497 e. The minimum absolute atomic E-state index is 0.862. The van der Waals surface area contributed by atoms with E-state index in [0.29, 0.717) is 0 Å². The third-order valence-corrected chi connectivity index (χ3v) is 2.96. The Labute approximate surface area is 111 Å². The molecule has 0 saturated carbocycles. The summed E-state index contributed by atoms with van der Waals surface area (Å²) in [5, 5.41) is 0. The van der Waals surface area contributed by atoms with Crippen LogP contribution in [0.2, 0.25) is 0 Å². The minimum atomic E-state index is 0.862. The van der Waals surface area contributed by atoms with Crippen LogP contribution in [0.1, 0.15) is 44.6 Å². The normalized spacial score (nSPS) is 10.8. The van der Waals surface area contributed by atoms with Gasteiger partial charge in [-0.2, -0.15) is 0 Å². The molecule has 0 aliphatic rings. The highest BCUT2D eigenvalue weighted by Crippen LogP contribution is 2.25. The van der Waals surface area contributed by atoms with E-state index in [1.807, 2.05) is 18.2 Å². The first-order chi connectivity index (χ1) is 8.81. The van der Waals surface area contributed by atoms with Gasteiger partial charge < -0.3 is 9.47 Å². The number of rotatable bonds is 8. The molecule has 0 aliphatic carbocycles. The van der Waals surface area contributed by atoms with Crippen molar-refractivity contribution in [2.24, 2.45) is 0 Å². The van der Waals surface area contributed by atoms with Crippen molar-refractivity contribution in [1.29, 1.82) is 0 Å². The zero-order valence-electron chi connectivity index (χ0n) is 11.7. The molecule has 0 atom stereocenters. The standard InChI is InChI=1S/C16H24O2/c1-4-5-6-7-8-9-10-14-13-15(17-2)11-12-16(14)18-3/h9-13H,4-8H2,1-3H3/b10-9+. The van der Waals surface area contributed by atoms with Crippen LogP contribution in [0.5, 0.6) is 11.5 Å². The number of allylic oxidation sites excluding steroid dienone is 1. The van der Waals surface area contributed by atoms with Gasteiger partial charge in [-0.15, -0.1) is 0 Å². The lowest BCUT2D eigenvalue weighted by Crippen LogP contribution is -1.89. The van der Waals surface area contributed by atoms with Gasteiger partial charge in [-0.05, 0) is 31.0 Å². The van der Waals surface area contributed by atoms with Gasteiger partial charge in [0, 0.05) is 5.56 Å². The van der Waals surface area contributed by atoms with Gasteiger partial charge in [0.15, 0.2) is 0 Å². The summed E-state index contributed by atoms with van der Waals surface area (Å²) in [4.78, 5) is 0. The molecule has 2 nitrogen and oxygen atoms in total. The first kappa shape index (κ1) is 14.6. The summed E-state index contributed by atoms with van der Waals surface area (Å²) in [6, 6.07) is 5.86. The Bertz CT molecular complexity index is 369. The van der Waals surface area contributed by atoms with Crippen molar-refractivity contribution in [3.63, 3.8) is 0 Å². The third kappa shape index (κ3) is 4.82. The van der Waals surface area contributed by atoms with Gasteiger partial charge in [0.2, 0.25) is 0 Å². The highest BCUT2D eigenvalue weighted by molar-refractivity contribution is 5.59. The first-order valence-corrected chi connectivity index (χ1v) is 6.70. The van der Waals surface area contributed by atoms with Crippen molar-refractivity contribution in [3.05, 3.63) is 29.8 Å². The Morgan fingerprint density at radius 3 is 2.56 bits per heavy atom. The van der Waals surface area contributed by atoms with E-state index in [0.717, 1.165) is 23.5 Å². The fourth-order valence-electron chi connectivity index (χ4n) is 1.87. The van der Waals surface area contributed by atoms with Crippen LogP contribution in [0.3, 0.4) is 0 Å². The van der Waals surface area contributed by atoms with Crippen molar-refractivity contribution < 1.29 is 9.47 Å². The van der Waals surface area contributed by atoms with Gasteiger partial charge in [-0.1, -0.05) is 38.3 Å². The molecule has 1 aromatic carbocycles. The Kier molecular flexibility index (Phi) is 7.00. The lowest BCUT2D eigenvalue weighted by Gasteiger charge is -2.07. The van der Waals surface area contributed by atoms with Gasteiger partial charge in [0.25, 0.3) is 0 Å². The second kappa shape index (κ2) is 8.62. The molecule has 100 valence electrons. The van der Waals surface area contributed by atoms with E-state index < -0.39 is 0 Å². The molecule has 0 radical (unpaired) electrons. The van der Waals surface area contributed by atoms with Crippen molar-refractivity contribution in [2.75, 3.05) is 14.2 Å². The van der Waals surface area contributed by atoms with E-state index >= 15 is 0 Å². The molecule has 1 rings (SSSR count). The quantitative estimate of drug-likeness (QED) is 0.621. The molecule has 0 aromatic heterocycles. The van der Waals surface area contributed by atoms with E-state index in [-0.39, 0.29) is 0 Å². The second-order valence-corrected chi connectivity index (χ2v) is 4.36. The number of benzene rings is 1. The van der Waals surface area contributed by atoms with Crippen LogP contribution in [-0.2, 0) is 0 Å². The van der Waals surface area contributed by atoms with Gasteiger partial charge in [0.1, 0.15) is 11.5 Å². The summed E-state index contributed by atoms with van der Waals surface area (Å²) in [5.41, 5.74) is 1.08. The lowest BCUT2D eigenvalue weighted by molar-refractivity contribution is 0.402. The van der Waals surface area contributed by atoms with Crippen LogP contribution < -0.4 is 9.47 Å². The summed E-state index contributed by atoms with van der Waals surface area (Å²) in [6.07, 6.45) is 10.6. The van der Waals surface area contributed by atoms with Crippen LogP contribution in [0.15, 0.2) is 24.3 Å². The summed E-state index contributed by atoms with van der Waals surface area (Å²) in [7, 11) is 3.38. The highest BCUT2D eigenvalue weighted by atomic mass is 16.5. The molecular weight excluding hydrogens is 224 g/mol. The topological polar surface area (TPSA) is 18.5 Å². The van der Waals surface area contributed by atoms with Crippen molar-refractivity contribution in [1.82, 2.24) is 0 Å². The molecule has 0 unspecified atom stereocenters. The molecule has 0 fully saturated rings. The van der Waals surface area contributed by atoms with Gasteiger partial charge >= 0.3 is 0 Å². The maximum Gasteiger partial charge on any atom is 0.126 e. The molecule has 0 spiro atoms. The van der Waals surface area contributed by atoms with E-state index in [4.69, 9.17) is 9.47 Å². The molecular formula is C16H24O2. The zero-order valence-corrected chi connectivity index (χ0v) is 11.7. The largest absolute Gasteiger partial charge is 0.497 e. The smallest absolute Gasteiger partial charge is 0.126 e. The molecule has 0 N–H and O–H groups in total. The molecule has 0 amide bonds. The summed E-state index contributed by atoms with van der Waals surface area (Å²) in [5.74, 6) is 1.75. The van der Waals surface area contributed by atoms with E-state index in [1.54, 1.807) is 14.2 Å². The average Bonchev–Trinajstić information content (AvgIpc) is 2.42.